The van der Waals surface area contributed by atoms with E-state index in [2.05, 4.69) is 15.7 Å². The van der Waals surface area contributed by atoms with Crippen LogP contribution in [0.5, 0.6) is 0 Å². The van der Waals surface area contributed by atoms with Crippen molar-refractivity contribution >= 4 is 57.9 Å². The number of benzene rings is 1. The predicted octanol–water partition coefficient (Wildman–Crippen LogP) is 4.58. The van der Waals surface area contributed by atoms with E-state index in [4.69, 9.17) is 40.2 Å². The summed E-state index contributed by atoms with van der Waals surface area (Å²) in [6.07, 6.45) is 1.44. The van der Waals surface area contributed by atoms with Crippen molar-refractivity contribution in [3.63, 3.8) is 0 Å². The number of rotatable bonds is 5. The first-order valence-electron chi connectivity index (χ1n) is 7.61. The minimum Gasteiger partial charge on any atom is -0.458 e. The summed E-state index contributed by atoms with van der Waals surface area (Å²) in [7, 11) is 0. The van der Waals surface area contributed by atoms with Crippen molar-refractivity contribution in [3.8, 4) is 0 Å². The van der Waals surface area contributed by atoms with E-state index in [-0.39, 0.29) is 16.9 Å². The standard InChI is InChI=1S/C16H18Cl2N4O2S/c1-4-22-8-13(14(21-22)15(23)24-9(2)3)20-16(25)19-12-6-5-10(17)7-11(12)18/h5-9H,4H2,1-3H3,(H2,19,20,25). The van der Waals surface area contributed by atoms with Gasteiger partial charge in [0.1, 0.15) is 0 Å². The molecule has 2 aromatic rings. The van der Waals surface area contributed by atoms with Crippen LogP contribution in [0.1, 0.15) is 31.3 Å². The van der Waals surface area contributed by atoms with Crippen molar-refractivity contribution in [2.24, 2.45) is 0 Å². The Morgan fingerprint density at radius 2 is 2.00 bits per heavy atom. The summed E-state index contributed by atoms with van der Waals surface area (Å²) in [6.45, 7) is 6.07. The Balaban J connectivity index is 2.16. The summed E-state index contributed by atoms with van der Waals surface area (Å²) in [5.74, 6) is -0.517. The maximum Gasteiger partial charge on any atom is 0.361 e. The van der Waals surface area contributed by atoms with Gasteiger partial charge in [-0.05, 0) is 51.2 Å². The van der Waals surface area contributed by atoms with Gasteiger partial charge in [0, 0.05) is 17.8 Å². The van der Waals surface area contributed by atoms with E-state index in [1.165, 1.54) is 0 Å². The highest BCUT2D eigenvalue weighted by molar-refractivity contribution is 7.80. The fourth-order valence-corrected chi connectivity index (χ4v) is 2.64. The molecule has 0 saturated carbocycles. The van der Waals surface area contributed by atoms with E-state index in [0.29, 0.717) is 28.0 Å². The summed E-state index contributed by atoms with van der Waals surface area (Å²) in [5.41, 5.74) is 1.22. The normalized spacial score (nSPS) is 10.6. The van der Waals surface area contributed by atoms with Crippen LogP contribution in [-0.4, -0.2) is 27.0 Å². The SMILES string of the molecule is CCn1cc(NC(=S)Nc2ccc(Cl)cc2Cl)c(C(=O)OC(C)C)n1. The zero-order valence-electron chi connectivity index (χ0n) is 14.0. The average Bonchev–Trinajstić information content (AvgIpc) is 2.92. The van der Waals surface area contributed by atoms with Crippen molar-refractivity contribution < 1.29 is 9.53 Å². The number of nitrogens with zero attached hydrogens (tertiary/aromatic N) is 2. The molecule has 1 aromatic carbocycles. The largest absolute Gasteiger partial charge is 0.458 e. The predicted molar refractivity (Wildman–Crippen MR) is 105 cm³/mol. The summed E-state index contributed by atoms with van der Waals surface area (Å²) in [6, 6.07) is 5.01. The van der Waals surface area contributed by atoms with Gasteiger partial charge in [-0.25, -0.2) is 4.79 Å². The quantitative estimate of drug-likeness (QED) is 0.565. The highest BCUT2D eigenvalue weighted by atomic mass is 35.5. The first kappa shape index (κ1) is 19.5. The lowest BCUT2D eigenvalue weighted by atomic mass is 10.3. The third-order valence-electron chi connectivity index (χ3n) is 3.05. The molecule has 0 saturated heterocycles. The van der Waals surface area contributed by atoms with Crippen LogP contribution < -0.4 is 10.6 Å². The zero-order valence-corrected chi connectivity index (χ0v) is 16.3. The number of anilines is 2. The number of esters is 1. The lowest BCUT2D eigenvalue weighted by Crippen LogP contribution is -2.21. The second-order valence-electron chi connectivity index (χ2n) is 5.40. The molecule has 0 spiro atoms. The van der Waals surface area contributed by atoms with Gasteiger partial charge in [-0.3, -0.25) is 4.68 Å². The Kier molecular flexibility index (Phi) is 6.64. The van der Waals surface area contributed by atoms with E-state index in [1.54, 1.807) is 42.9 Å². The Hall–Kier alpha value is -1.83. The minimum absolute atomic E-state index is 0.168. The number of halogens is 2. The Morgan fingerprint density at radius 1 is 1.32 bits per heavy atom. The molecule has 0 atom stereocenters. The van der Waals surface area contributed by atoms with Crippen molar-refractivity contribution in [2.45, 2.75) is 33.4 Å². The van der Waals surface area contributed by atoms with Gasteiger partial charge >= 0.3 is 5.97 Å². The molecular weight excluding hydrogens is 383 g/mol. The van der Waals surface area contributed by atoms with Crippen molar-refractivity contribution in [3.05, 3.63) is 40.1 Å². The van der Waals surface area contributed by atoms with Crippen LogP contribution in [0, 0.1) is 0 Å². The first-order valence-corrected chi connectivity index (χ1v) is 8.78. The van der Waals surface area contributed by atoms with Crippen molar-refractivity contribution in [1.29, 1.82) is 0 Å². The molecular formula is C16H18Cl2N4O2S. The van der Waals surface area contributed by atoms with Crippen LogP contribution in [-0.2, 0) is 11.3 Å². The van der Waals surface area contributed by atoms with E-state index >= 15 is 0 Å². The molecule has 1 heterocycles. The van der Waals surface area contributed by atoms with E-state index in [0.717, 1.165) is 0 Å². The van der Waals surface area contributed by atoms with Crippen LogP contribution in [0.2, 0.25) is 10.0 Å². The maximum absolute atomic E-state index is 12.2. The van der Waals surface area contributed by atoms with Gasteiger partial charge < -0.3 is 15.4 Å². The summed E-state index contributed by atoms with van der Waals surface area (Å²) in [5, 5.41) is 11.4. The highest BCUT2D eigenvalue weighted by Crippen LogP contribution is 2.25. The summed E-state index contributed by atoms with van der Waals surface area (Å²) < 4.78 is 6.83. The van der Waals surface area contributed by atoms with Gasteiger partial charge in [0.15, 0.2) is 10.8 Å². The first-order chi connectivity index (χ1) is 11.8. The number of aryl methyl sites for hydroxylation is 1. The molecule has 0 radical (unpaired) electrons. The lowest BCUT2D eigenvalue weighted by Gasteiger charge is -2.12. The number of thiocarbonyl (C=S) groups is 1. The highest BCUT2D eigenvalue weighted by Gasteiger charge is 2.20. The summed E-state index contributed by atoms with van der Waals surface area (Å²) >= 11 is 17.3. The monoisotopic (exact) mass is 400 g/mol. The second-order valence-corrected chi connectivity index (χ2v) is 6.66. The molecule has 0 bridgehead atoms. The van der Waals surface area contributed by atoms with Crippen LogP contribution in [0.3, 0.4) is 0 Å². The number of ether oxygens (including phenoxy) is 1. The van der Waals surface area contributed by atoms with Crippen LogP contribution in [0.4, 0.5) is 11.4 Å². The second kappa shape index (κ2) is 8.51. The topological polar surface area (TPSA) is 68.2 Å². The Morgan fingerprint density at radius 3 is 2.60 bits per heavy atom. The molecule has 9 heteroatoms. The number of aromatic nitrogens is 2. The molecule has 0 aliphatic carbocycles. The smallest absolute Gasteiger partial charge is 0.361 e. The number of hydrogen-bond acceptors (Lipinski definition) is 4. The number of carbonyl (C=O) groups excluding carboxylic acids is 1. The van der Waals surface area contributed by atoms with Crippen molar-refractivity contribution in [1.82, 2.24) is 9.78 Å². The molecule has 2 N–H and O–H groups in total. The van der Waals surface area contributed by atoms with Gasteiger partial charge in [0.25, 0.3) is 0 Å². The number of carbonyl (C=O) groups is 1. The van der Waals surface area contributed by atoms with Crippen LogP contribution in [0.15, 0.2) is 24.4 Å². The van der Waals surface area contributed by atoms with Crippen molar-refractivity contribution in [2.75, 3.05) is 10.6 Å². The Bertz CT molecular complexity index is 792. The zero-order chi connectivity index (χ0) is 18.6. The fraction of sp³-hybridized carbons (Fsp3) is 0.312. The van der Waals surface area contributed by atoms with Gasteiger partial charge in [-0.1, -0.05) is 23.2 Å². The van der Waals surface area contributed by atoms with Gasteiger partial charge in [0.05, 0.1) is 22.5 Å². The molecule has 2 rings (SSSR count). The number of hydrogen-bond donors (Lipinski definition) is 2. The molecule has 0 unspecified atom stereocenters. The van der Waals surface area contributed by atoms with Crippen LogP contribution >= 0.6 is 35.4 Å². The minimum atomic E-state index is -0.517. The molecule has 0 aliphatic rings. The van der Waals surface area contributed by atoms with E-state index in [1.807, 2.05) is 6.92 Å². The third kappa shape index (κ3) is 5.32. The van der Waals surface area contributed by atoms with E-state index < -0.39 is 5.97 Å². The summed E-state index contributed by atoms with van der Waals surface area (Å²) in [4.78, 5) is 12.2. The van der Waals surface area contributed by atoms with Gasteiger partial charge in [-0.2, -0.15) is 5.10 Å². The molecule has 6 nitrogen and oxygen atoms in total. The molecule has 25 heavy (non-hydrogen) atoms. The molecule has 0 fully saturated rings. The maximum atomic E-state index is 12.2. The Labute approximate surface area is 161 Å². The van der Waals surface area contributed by atoms with Crippen LogP contribution in [0.25, 0.3) is 0 Å². The lowest BCUT2D eigenvalue weighted by molar-refractivity contribution is 0.0371. The molecule has 0 aliphatic heterocycles. The van der Waals surface area contributed by atoms with Gasteiger partial charge in [-0.15, -0.1) is 0 Å². The third-order valence-corrected chi connectivity index (χ3v) is 3.80. The molecule has 134 valence electrons. The molecule has 0 amide bonds. The van der Waals surface area contributed by atoms with Gasteiger partial charge in [0.2, 0.25) is 0 Å². The number of nitrogens with one attached hydrogen (secondary N) is 2. The van der Waals surface area contributed by atoms with E-state index in [9.17, 15) is 4.79 Å². The average molecular weight is 401 g/mol. The fourth-order valence-electron chi connectivity index (χ4n) is 1.96. The molecule has 1 aromatic heterocycles.